The molecule has 4 N–H and O–H groups in total. The van der Waals surface area contributed by atoms with Crippen LogP contribution >= 0.6 is 0 Å². The van der Waals surface area contributed by atoms with Crippen LogP contribution < -0.4 is 11.5 Å². The third-order valence-corrected chi connectivity index (χ3v) is 2.24. The van der Waals surface area contributed by atoms with Crippen LogP contribution in [-0.2, 0) is 11.2 Å². The van der Waals surface area contributed by atoms with Crippen LogP contribution in [-0.4, -0.2) is 38.4 Å². The van der Waals surface area contributed by atoms with E-state index in [9.17, 15) is 0 Å². The van der Waals surface area contributed by atoms with Gasteiger partial charge in [0.2, 0.25) is 0 Å². The highest BCUT2D eigenvalue weighted by atomic mass is 16.5. The minimum Gasteiger partial charge on any atom is -0.384 e. The number of rotatable bonds is 4. The largest absolute Gasteiger partial charge is 0.384 e. The van der Waals surface area contributed by atoms with Gasteiger partial charge in [0.25, 0.3) is 5.95 Å². The molecule has 0 unspecified atom stereocenters. The monoisotopic (exact) mass is 235 g/mol. The molecule has 0 aromatic carbocycles. The van der Waals surface area contributed by atoms with Crippen molar-refractivity contribution in [3.8, 4) is 5.95 Å². The number of hydrogen-bond donors (Lipinski definition) is 2. The topological polar surface area (TPSA) is 118 Å². The van der Waals surface area contributed by atoms with Crippen molar-refractivity contribution in [3.63, 3.8) is 0 Å². The lowest BCUT2D eigenvalue weighted by molar-refractivity contribution is 0.202. The van der Waals surface area contributed by atoms with Gasteiger partial charge < -0.3 is 16.2 Å². The van der Waals surface area contributed by atoms with Gasteiger partial charge in [-0.3, -0.25) is 0 Å². The van der Waals surface area contributed by atoms with Gasteiger partial charge in [0.15, 0.2) is 0 Å². The molecule has 2 aromatic rings. The first kappa shape index (κ1) is 11.3. The Kier molecular flexibility index (Phi) is 3.15. The molecule has 0 aliphatic carbocycles. The number of methoxy groups -OCH3 is 1. The summed E-state index contributed by atoms with van der Waals surface area (Å²) in [5, 5.41) is 3.91. The molecule has 2 aromatic heterocycles. The van der Waals surface area contributed by atoms with Gasteiger partial charge in [0.1, 0.15) is 24.3 Å². The first-order valence-corrected chi connectivity index (χ1v) is 4.98. The van der Waals surface area contributed by atoms with E-state index < -0.39 is 0 Å². The van der Waals surface area contributed by atoms with Crippen molar-refractivity contribution in [1.29, 1.82) is 0 Å². The second-order valence-corrected chi connectivity index (χ2v) is 3.36. The Labute approximate surface area is 97.6 Å². The number of ether oxygens (including phenoxy) is 1. The van der Waals surface area contributed by atoms with E-state index in [1.54, 1.807) is 7.11 Å². The lowest BCUT2D eigenvalue weighted by atomic mass is 10.2. The van der Waals surface area contributed by atoms with Gasteiger partial charge in [-0.15, -0.1) is 0 Å². The Morgan fingerprint density at radius 1 is 1.29 bits per heavy atom. The summed E-state index contributed by atoms with van der Waals surface area (Å²) in [5.41, 5.74) is 12.3. The highest BCUT2D eigenvalue weighted by Gasteiger charge is 2.11. The molecule has 2 heterocycles. The summed E-state index contributed by atoms with van der Waals surface area (Å²) in [4.78, 5) is 12.0. The van der Waals surface area contributed by atoms with E-state index in [2.05, 4.69) is 20.1 Å². The molecular formula is C9H13N7O. The molecule has 8 nitrogen and oxygen atoms in total. The second-order valence-electron chi connectivity index (χ2n) is 3.36. The third kappa shape index (κ3) is 2.31. The highest BCUT2D eigenvalue weighted by molar-refractivity contribution is 5.54. The third-order valence-electron chi connectivity index (χ3n) is 2.24. The Hall–Kier alpha value is -2.22. The summed E-state index contributed by atoms with van der Waals surface area (Å²) in [6.45, 7) is 0.514. The van der Waals surface area contributed by atoms with Gasteiger partial charge in [-0.1, -0.05) is 0 Å². The average Bonchev–Trinajstić information content (AvgIpc) is 2.81. The molecule has 8 heteroatoms. The Morgan fingerprint density at radius 3 is 2.53 bits per heavy atom. The van der Waals surface area contributed by atoms with Crippen molar-refractivity contribution in [2.45, 2.75) is 6.42 Å². The first-order chi connectivity index (χ1) is 8.22. The molecule has 0 fully saturated rings. The Morgan fingerprint density at radius 2 is 2.00 bits per heavy atom. The molecule has 0 spiro atoms. The summed E-state index contributed by atoms with van der Waals surface area (Å²) in [6, 6.07) is 0. The standard InChI is InChI=1S/C9H13N7O/c1-17-3-2-6-7(10)14-9(15-8(6)11)16-5-12-4-13-16/h4-5H,2-3H2,1H3,(H4,10,11,14,15). The molecule has 90 valence electrons. The summed E-state index contributed by atoms with van der Waals surface area (Å²) in [6.07, 6.45) is 3.43. The molecule has 0 saturated heterocycles. The number of nitrogens with zero attached hydrogens (tertiary/aromatic N) is 5. The predicted molar refractivity (Wildman–Crippen MR) is 61.4 cm³/mol. The summed E-state index contributed by atoms with van der Waals surface area (Å²) in [7, 11) is 1.61. The van der Waals surface area contributed by atoms with Crippen LogP contribution in [0.3, 0.4) is 0 Å². The maximum atomic E-state index is 5.82. The number of aromatic nitrogens is 5. The lowest BCUT2D eigenvalue weighted by Crippen LogP contribution is -2.12. The molecule has 17 heavy (non-hydrogen) atoms. The van der Waals surface area contributed by atoms with Crippen LogP contribution in [0.1, 0.15) is 5.56 Å². The lowest BCUT2D eigenvalue weighted by Gasteiger charge is -2.09. The molecule has 0 aliphatic heterocycles. The van der Waals surface area contributed by atoms with E-state index in [1.807, 2.05) is 0 Å². The van der Waals surface area contributed by atoms with Crippen LogP contribution in [0.4, 0.5) is 11.6 Å². The van der Waals surface area contributed by atoms with E-state index in [0.717, 1.165) is 0 Å². The predicted octanol–water partition coefficient (Wildman–Crippen LogP) is -0.589. The van der Waals surface area contributed by atoms with Gasteiger partial charge in [-0.25, -0.2) is 4.98 Å². The maximum absolute atomic E-state index is 5.82. The van der Waals surface area contributed by atoms with Crippen molar-refractivity contribution >= 4 is 11.6 Å². The van der Waals surface area contributed by atoms with Gasteiger partial charge in [0, 0.05) is 19.1 Å². The van der Waals surface area contributed by atoms with E-state index in [-0.39, 0.29) is 0 Å². The van der Waals surface area contributed by atoms with Crippen LogP contribution in [0.5, 0.6) is 0 Å². The molecule has 2 rings (SSSR count). The minimum absolute atomic E-state index is 0.304. The fourth-order valence-electron chi connectivity index (χ4n) is 1.38. The van der Waals surface area contributed by atoms with Crippen molar-refractivity contribution in [2.24, 2.45) is 0 Å². The molecule has 0 radical (unpaired) electrons. The zero-order valence-electron chi connectivity index (χ0n) is 9.37. The SMILES string of the molecule is COCCc1c(N)nc(-n2cncn2)nc1N. The van der Waals surface area contributed by atoms with Crippen LogP contribution in [0.15, 0.2) is 12.7 Å². The van der Waals surface area contributed by atoms with Crippen LogP contribution in [0, 0.1) is 0 Å². The first-order valence-electron chi connectivity index (χ1n) is 4.98. The molecule has 0 amide bonds. The zero-order chi connectivity index (χ0) is 12.3. The Balaban J connectivity index is 2.35. The van der Waals surface area contributed by atoms with E-state index in [1.165, 1.54) is 17.3 Å². The summed E-state index contributed by atoms with van der Waals surface area (Å²) >= 11 is 0. The van der Waals surface area contributed by atoms with Crippen LogP contribution in [0.2, 0.25) is 0 Å². The Bertz CT molecular complexity index is 473. The highest BCUT2D eigenvalue weighted by Crippen LogP contribution is 2.17. The van der Waals surface area contributed by atoms with E-state index in [0.29, 0.717) is 36.2 Å². The van der Waals surface area contributed by atoms with Gasteiger partial charge in [-0.2, -0.15) is 19.7 Å². The maximum Gasteiger partial charge on any atom is 0.255 e. The molecule has 0 bridgehead atoms. The smallest absolute Gasteiger partial charge is 0.255 e. The zero-order valence-corrected chi connectivity index (χ0v) is 9.37. The number of nitrogens with two attached hydrogens (primary N) is 2. The fraction of sp³-hybridized carbons (Fsp3) is 0.333. The molecule has 0 atom stereocenters. The summed E-state index contributed by atoms with van der Waals surface area (Å²) in [5.74, 6) is 0.971. The minimum atomic E-state index is 0.304. The number of hydrogen-bond acceptors (Lipinski definition) is 7. The number of anilines is 2. The van der Waals surface area contributed by atoms with Gasteiger partial charge in [-0.05, 0) is 0 Å². The number of nitrogen functional groups attached to an aromatic ring is 2. The fourth-order valence-corrected chi connectivity index (χ4v) is 1.38. The van der Waals surface area contributed by atoms with E-state index in [4.69, 9.17) is 16.2 Å². The van der Waals surface area contributed by atoms with E-state index >= 15 is 0 Å². The van der Waals surface area contributed by atoms with Crippen molar-refractivity contribution < 1.29 is 4.74 Å². The van der Waals surface area contributed by atoms with Crippen LogP contribution in [0.25, 0.3) is 5.95 Å². The average molecular weight is 235 g/mol. The molecule has 0 saturated carbocycles. The van der Waals surface area contributed by atoms with Crippen molar-refractivity contribution in [1.82, 2.24) is 24.7 Å². The molecule has 0 aliphatic rings. The normalized spacial score (nSPS) is 10.6. The van der Waals surface area contributed by atoms with Crippen molar-refractivity contribution in [3.05, 3.63) is 18.2 Å². The van der Waals surface area contributed by atoms with Gasteiger partial charge in [0.05, 0.1) is 6.61 Å². The molecular weight excluding hydrogens is 222 g/mol. The summed E-state index contributed by atoms with van der Waals surface area (Å²) < 4.78 is 6.36. The second kappa shape index (κ2) is 4.74. The van der Waals surface area contributed by atoms with Gasteiger partial charge >= 0.3 is 0 Å². The quantitative estimate of drug-likeness (QED) is 0.727. The van der Waals surface area contributed by atoms with Crippen molar-refractivity contribution in [2.75, 3.05) is 25.2 Å².